The molecule has 0 spiro atoms. The summed E-state index contributed by atoms with van der Waals surface area (Å²) < 4.78 is 9.14. The number of nitrogens with one attached hydrogen (secondary N) is 1. The highest BCUT2D eigenvalue weighted by Gasteiger charge is 2.21. The smallest absolute Gasteiger partial charge is 0.335 e. The molecular weight excluding hydrogens is 198 g/mol. The molecule has 1 aliphatic rings. The van der Waals surface area contributed by atoms with Crippen molar-refractivity contribution in [2.45, 2.75) is 19.3 Å². The van der Waals surface area contributed by atoms with Crippen LogP contribution in [0.3, 0.4) is 0 Å². The van der Waals surface area contributed by atoms with Crippen molar-refractivity contribution in [3.63, 3.8) is 0 Å². The summed E-state index contributed by atoms with van der Waals surface area (Å²) in [7, 11) is 2.68. The van der Waals surface area contributed by atoms with E-state index in [9.17, 15) is 9.59 Å². The molecule has 0 amide bonds. The number of esters is 2. The number of rotatable bonds is 4. The van der Waals surface area contributed by atoms with Crippen LogP contribution in [0.25, 0.3) is 0 Å². The summed E-state index contributed by atoms with van der Waals surface area (Å²) >= 11 is 0. The van der Waals surface area contributed by atoms with E-state index >= 15 is 0 Å². The van der Waals surface area contributed by atoms with Crippen molar-refractivity contribution < 1.29 is 19.1 Å². The molecule has 0 saturated carbocycles. The Bertz CT molecular complexity index is 296. The molecule has 5 nitrogen and oxygen atoms in total. The van der Waals surface area contributed by atoms with Crippen molar-refractivity contribution in [2.24, 2.45) is 0 Å². The molecule has 0 heterocycles. The molecule has 0 fully saturated rings. The largest absolute Gasteiger partial charge is 0.468 e. The number of methoxy groups -OCH3 is 2. The molecule has 0 saturated heterocycles. The Kier molecular flexibility index (Phi) is 4.15. The summed E-state index contributed by atoms with van der Waals surface area (Å²) in [6, 6.07) is 0. The maximum Gasteiger partial charge on any atom is 0.335 e. The Labute approximate surface area is 88.4 Å². The van der Waals surface area contributed by atoms with Gasteiger partial charge in [0.1, 0.15) is 6.54 Å². The lowest BCUT2D eigenvalue weighted by atomic mass is 10.2. The van der Waals surface area contributed by atoms with E-state index in [2.05, 4.69) is 14.8 Å². The normalized spacial score (nSPS) is 15.1. The molecular formula is C10H15NO4. The molecule has 5 heteroatoms. The molecule has 0 bridgehead atoms. The van der Waals surface area contributed by atoms with E-state index in [-0.39, 0.29) is 18.5 Å². The topological polar surface area (TPSA) is 64.6 Å². The maximum atomic E-state index is 11.3. The first-order valence-electron chi connectivity index (χ1n) is 4.80. The van der Waals surface area contributed by atoms with Crippen LogP contribution in [0, 0.1) is 0 Å². The molecule has 0 aromatic rings. The van der Waals surface area contributed by atoms with Gasteiger partial charge in [0.25, 0.3) is 0 Å². The lowest BCUT2D eigenvalue weighted by Gasteiger charge is -2.08. The predicted molar refractivity (Wildman–Crippen MR) is 52.9 cm³/mol. The van der Waals surface area contributed by atoms with Crippen LogP contribution in [0.1, 0.15) is 19.3 Å². The summed E-state index contributed by atoms with van der Waals surface area (Å²) in [5, 5.41) is 2.90. The van der Waals surface area contributed by atoms with E-state index in [4.69, 9.17) is 0 Å². The zero-order valence-electron chi connectivity index (χ0n) is 8.96. The van der Waals surface area contributed by atoms with E-state index in [0.717, 1.165) is 18.5 Å². The van der Waals surface area contributed by atoms with Crippen molar-refractivity contribution in [3.05, 3.63) is 11.3 Å². The van der Waals surface area contributed by atoms with Crippen LogP contribution in [-0.4, -0.2) is 32.7 Å². The number of hydrogen-bond acceptors (Lipinski definition) is 5. The minimum Gasteiger partial charge on any atom is -0.468 e. The third-order valence-corrected chi connectivity index (χ3v) is 2.32. The molecule has 0 aromatic heterocycles. The van der Waals surface area contributed by atoms with E-state index in [0.29, 0.717) is 12.0 Å². The third-order valence-electron chi connectivity index (χ3n) is 2.32. The van der Waals surface area contributed by atoms with Gasteiger partial charge in [-0.3, -0.25) is 4.79 Å². The molecule has 15 heavy (non-hydrogen) atoms. The minimum atomic E-state index is -0.349. The molecule has 0 atom stereocenters. The van der Waals surface area contributed by atoms with Gasteiger partial charge in [-0.25, -0.2) is 4.79 Å². The summed E-state index contributed by atoms with van der Waals surface area (Å²) in [5.41, 5.74) is 1.44. The van der Waals surface area contributed by atoms with Gasteiger partial charge in [0, 0.05) is 5.70 Å². The van der Waals surface area contributed by atoms with Crippen molar-refractivity contribution >= 4 is 11.9 Å². The van der Waals surface area contributed by atoms with Crippen molar-refractivity contribution in [1.82, 2.24) is 5.32 Å². The van der Waals surface area contributed by atoms with E-state index < -0.39 is 0 Å². The number of hydrogen-bond donors (Lipinski definition) is 1. The lowest BCUT2D eigenvalue weighted by Crippen LogP contribution is -2.24. The highest BCUT2D eigenvalue weighted by Crippen LogP contribution is 2.24. The zero-order chi connectivity index (χ0) is 11.3. The molecule has 0 aromatic carbocycles. The Morgan fingerprint density at radius 2 is 2.00 bits per heavy atom. The second-order valence-corrected chi connectivity index (χ2v) is 3.23. The van der Waals surface area contributed by atoms with Crippen LogP contribution in [0.4, 0.5) is 0 Å². The van der Waals surface area contributed by atoms with Crippen molar-refractivity contribution in [1.29, 1.82) is 0 Å². The van der Waals surface area contributed by atoms with Crippen LogP contribution in [-0.2, 0) is 19.1 Å². The average molecular weight is 213 g/mol. The first-order chi connectivity index (χ1) is 7.19. The van der Waals surface area contributed by atoms with Crippen LogP contribution in [0.5, 0.6) is 0 Å². The SMILES string of the molecule is COC(=O)CNC1=C(C(=O)OC)CCC1. The molecule has 0 aliphatic heterocycles. The van der Waals surface area contributed by atoms with Crippen LogP contribution < -0.4 is 5.32 Å². The lowest BCUT2D eigenvalue weighted by molar-refractivity contribution is -0.139. The first kappa shape index (κ1) is 11.6. The van der Waals surface area contributed by atoms with Gasteiger partial charge in [-0.2, -0.15) is 0 Å². The Morgan fingerprint density at radius 1 is 1.27 bits per heavy atom. The van der Waals surface area contributed by atoms with Crippen LogP contribution in [0.15, 0.2) is 11.3 Å². The number of allylic oxidation sites excluding steroid dienone is 1. The van der Waals surface area contributed by atoms with Gasteiger partial charge in [0.2, 0.25) is 0 Å². The highest BCUT2D eigenvalue weighted by molar-refractivity contribution is 5.89. The number of carbonyl (C=O) groups is 2. The molecule has 0 unspecified atom stereocenters. The first-order valence-corrected chi connectivity index (χ1v) is 4.80. The summed E-state index contributed by atoms with van der Waals surface area (Å²) in [6.45, 7) is 0.0896. The van der Waals surface area contributed by atoms with Gasteiger partial charge in [-0.05, 0) is 19.3 Å². The Hall–Kier alpha value is -1.52. The Balaban J connectivity index is 2.58. The standard InChI is InChI=1S/C10H15NO4/c1-14-9(12)6-11-8-5-3-4-7(8)10(13)15-2/h11H,3-6H2,1-2H3. The van der Waals surface area contributed by atoms with Gasteiger partial charge in [-0.1, -0.05) is 0 Å². The van der Waals surface area contributed by atoms with Gasteiger partial charge in [0.15, 0.2) is 0 Å². The van der Waals surface area contributed by atoms with E-state index in [1.807, 2.05) is 0 Å². The van der Waals surface area contributed by atoms with Gasteiger partial charge >= 0.3 is 11.9 Å². The van der Waals surface area contributed by atoms with Crippen LogP contribution >= 0.6 is 0 Å². The van der Waals surface area contributed by atoms with Crippen molar-refractivity contribution in [2.75, 3.05) is 20.8 Å². The number of carbonyl (C=O) groups excluding carboxylic acids is 2. The van der Waals surface area contributed by atoms with Crippen LogP contribution in [0.2, 0.25) is 0 Å². The summed E-state index contributed by atoms with van der Waals surface area (Å²) in [6.07, 6.45) is 2.39. The second-order valence-electron chi connectivity index (χ2n) is 3.23. The third kappa shape index (κ3) is 2.97. The fourth-order valence-corrected chi connectivity index (χ4v) is 1.54. The van der Waals surface area contributed by atoms with Crippen molar-refractivity contribution in [3.8, 4) is 0 Å². The molecule has 1 aliphatic carbocycles. The molecule has 1 rings (SSSR count). The zero-order valence-corrected chi connectivity index (χ0v) is 8.96. The van der Waals surface area contributed by atoms with E-state index in [1.165, 1.54) is 14.2 Å². The molecule has 0 radical (unpaired) electrons. The summed E-state index contributed by atoms with van der Waals surface area (Å²) in [4.78, 5) is 22.2. The summed E-state index contributed by atoms with van der Waals surface area (Å²) in [5.74, 6) is -0.668. The average Bonchev–Trinajstić information content (AvgIpc) is 2.72. The second kappa shape index (κ2) is 5.38. The predicted octanol–water partition coefficient (Wildman–Crippen LogP) is 0.360. The van der Waals surface area contributed by atoms with Gasteiger partial charge < -0.3 is 14.8 Å². The Morgan fingerprint density at radius 3 is 2.60 bits per heavy atom. The number of ether oxygens (including phenoxy) is 2. The highest BCUT2D eigenvalue weighted by atomic mass is 16.5. The molecule has 84 valence electrons. The van der Waals surface area contributed by atoms with E-state index in [1.54, 1.807) is 0 Å². The molecule has 1 N–H and O–H groups in total. The minimum absolute atomic E-state index is 0.0896. The maximum absolute atomic E-state index is 11.3. The monoisotopic (exact) mass is 213 g/mol. The fraction of sp³-hybridized carbons (Fsp3) is 0.600. The van der Waals surface area contributed by atoms with Gasteiger partial charge in [-0.15, -0.1) is 0 Å². The fourth-order valence-electron chi connectivity index (χ4n) is 1.54. The van der Waals surface area contributed by atoms with Gasteiger partial charge in [0.05, 0.1) is 19.8 Å². The quantitative estimate of drug-likeness (QED) is 0.683.